The molecule has 0 amide bonds. The average molecular weight is 370 g/mol. The third-order valence-electron chi connectivity index (χ3n) is 3.78. The van der Waals surface area contributed by atoms with Crippen molar-refractivity contribution in [1.82, 2.24) is 9.62 Å². The molecule has 0 aromatic heterocycles. The number of ether oxygens (including phenoxy) is 1. The van der Waals surface area contributed by atoms with Crippen LogP contribution in [0.3, 0.4) is 0 Å². The summed E-state index contributed by atoms with van der Waals surface area (Å²) in [5.41, 5.74) is 0.608. The van der Waals surface area contributed by atoms with Crippen molar-refractivity contribution in [2.75, 3.05) is 32.1 Å². The minimum Gasteiger partial charge on any atom is -0.495 e. The van der Waals surface area contributed by atoms with Crippen LogP contribution in [0.4, 0.5) is 5.69 Å². The quantitative estimate of drug-likeness (QED) is 0.592. The highest BCUT2D eigenvalue weighted by atomic mass is 32.2. The number of rotatable bonds is 6. The summed E-state index contributed by atoms with van der Waals surface area (Å²) >= 11 is 5.17. The average Bonchev–Trinajstić information content (AvgIpc) is 2.60. The number of nitrogens with zero attached hydrogens (tertiary/aromatic N) is 1. The number of anilines is 1. The third kappa shape index (κ3) is 4.46. The molecule has 2 rings (SSSR count). The van der Waals surface area contributed by atoms with Gasteiger partial charge in [-0.3, -0.25) is 0 Å². The van der Waals surface area contributed by atoms with Crippen LogP contribution in [0.5, 0.6) is 5.75 Å². The van der Waals surface area contributed by atoms with Gasteiger partial charge in [0.1, 0.15) is 5.75 Å². The molecular formula is C16H23N3O3S2. The standard InChI is InChI=1S/C16H23N3O3S2/c1-3-9-17-16(23)18-14-8-7-13(12-15(14)22-2)24(20,21)19-10-5-4-6-11-19/h3,7-8,12H,1,4-6,9-11H2,2H3,(H2,17,18,23). The van der Waals surface area contributed by atoms with Gasteiger partial charge in [0.2, 0.25) is 10.0 Å². The topological polar surface area (TPSA) is 70.7 Å². The number of nitrogens with one attached hydrogen (secondary N) is 2. The monoisotopic (exact) mass is 369 g/mol. The van der Waals surface area contributed by atoms with E-state index in [0.717, 1.165) is 19.3 Å². The van der Waals surface area contributed by atoms with E-state index in [2.05, 4.69) is 17.2 Å². The molecule has 132 valence electrons. The van der Waals surface area contributed by atoms with Crippen LogP contribution >= 0.6 is 12.2 Å². The molecule has 8 heteroatoms. The Bertz CT molecular complexity index is 699. The van der Waals surface area contributed by atoms with Crippen LogP contribution in [0, 0.1) is 0 Å². The molecular weight excluding hydrogens is 346 g/mol. The van der Waals surface area contributed by atoms with Crippen molar-refractivity contribution in [3.05, 3.63) is 30.9 Å². The second kappa shape index (κ2) is 8.46. The van der Waals surface area contributed by atoms with E-state index in [4.69, 9.17) is 17.0 Å². The molecule has 1 aromatic carbocycles. The highest BCUT2D eigenvalue weighted by Gasteiger charge is 2.26. The van der Waals surface area contributed by atoms with E-state index in [9.17, 15) is 8.42 Å². The van der Waals surface area contributed by atoms with Crippen molar-refractivity contribution in [3.8, 4) is 5.75 Å². The molecule has 0 atom stereocenters. The lowest BCUT2D eigenvalue weighted by Crippen LogP contribution is -2.35. The predicted octanol–water partition coefficient (Wildman–Crippen LogP) is 2.34. The van der Waals surface area contributed by atoms with E-state index in [0.29, 0.717) is 36.2 Å². The van der Waals surface area contributed by atoms with Gasteiger partial charge in [-0.25, -0.2) is 8.42 Å². The summed E-state index contributed by atoms with van der Waals surface area (Å²) in [5, 5.41) is 6.36. The summed E-state index contributed by atoms with van der Waals surface area (Å²) < 4.78 is 32.3. The summed E-state index contributed by atoms with van der Waals surface area (Å²) in [5.74, 6) is 0.427. The van der Waals surface area contributed by atoms with Crippen molar-refractivity contribution in [2.24, 2.45) is 0 Å². The molecule has 6 nitrogen and oxygen atoms in total. The molecule has 0 aliphatic carbocycles. The van der Waals surface area contributed by atoms with E-state index in [1.807, 2.05) is 0 Å². The first kappa shape index (κ1) is 18.7. The smallest absolute Gasteiger partial charge is 0.243 e. The van der Waals surface area contributed by atoms with Gasteiger partial charge in [0, 0.05) is 25.7 Å². The molecule has 1 saturated heterocycles. The van der Waals surface area contributed by atoms with Gasteiger partial charge in [-0.15, -0.1) is 6.58 Å². The number of hydrogen-bond donors (Lipinski definition) is 2. The van der Waals surface area contributed by atoms with Gasteiger partial charge >= 0.3 is 0 Å². The maximum Gasteiger partial charge on any atom is 0.243 e. The Morgan fingerprint density at radius 2 is 2.08 bits per heavy atom. The van der Waals surface area contributed by atoms with Crippen molar-refractivity contribution < 1.29 is 13.2 Å². The van der Waals surface area contributed by atoms with Crippen LogP contribution in [0.15, 0.2) is 35.7 Å². The zero-order valence-corrected chi connectivity index (χ0v) is 15.4. The van der Waals surface area contributed by atoms with Crippen LogP contribution in [-0.4, -0.2) is 44.6 Å². The first-order chi connectivity index (χ1) is 11.5. The Labute approximate surface area is 148 Å². The lowest BCUT2D eigenvalue weighted by molar-refractivity contribution is 0.346. The summed E-state index contributed by atoms with van der Waals surface area (Å²) in [6, 6.07) is 4.77. The molecule has 2 N–H and O–H groups in total. The Morgan fingerprint density at radius 1 is 1.38 bits per heavy atom. The minimum absolute atomic E-state index is 0.233. The molecule has 0 unspecified atom stereocenters. The first-order valence-corrected chi connectivity index (χ1v) is 9.68. The van der Waals surface area contributed by atoms with E-state index in [-0.39, 0.29) is 4.90 Å². The van der Waals surface area contributed by atoms with Gasteiger partial charge in [-0.1, -0.05) is 12.5 Å². The van der Waals surface area contributed by atoms with Crippen LogP contribution in [0.1, 0.15) is 19.3 Å². The number of sulfonamides is 1. The second-order valence-corrected chi connectivity index (χ2v) is 7.80. The zero-order valence-electron chi connectivity index (χ0n) is 13.7. The minimum atomic E-state index is -3.49. The van der Waals surface area contributed by atoms with Crippen LogP contribution in [0.25, 0.3) is 0 Å². The van der Waals surface area contributed by atoms with E-state index >= 15 is 0 Å². The fourth-order valence-electron chi connectivity index (χ4n) is 2.52. The second-order valence-electron chi connectivity index (χ2n) is 5.45. The highest BCUT2D eigenvalue weighted by molar-refractivity contribution is 7.89. The van der Waals surface area contributed by atoms with Gasteiger partial charge in [-0.05, 0) is 37.2 Å². The van der Waals surface area contributed by atoms with E-state index < -0.39 is 10.0 Å². The summed E-state index contributed by atoms with van der Waals surface area (Å²) in [7, 11) is -1.99. The highest BCUT2D eigenvalue weighted by Crippen LogP contribution is 2.30. The molecule has 0 bridgehead atoms. The number of hydrogen-bond acceptors (Lipinski definition) is 4. The van der Waals surface area contributed by atoms with Crippen molar-refractivity contribution >= 4 is 33.0 Å². The van der Waals surface area contributed by atoms with Gasteiger partial charge in [0.15, 0.2) is 5.11 Å². The predicted molar refractivity (Wildman–Crippen MR) is 100 cm³/mol. The first-order valence-electron chi connectivity index (χ1n) is 7.83. The number of benzene rings is 1. The fraction of sp³-hybridized carbons (Fsp3) is 0.438. The fourth-order valence-corrected chi connectivity index (χ4v) is 4.25. The number of methoxy groups -OCH3 is 1. The Kier molecular flexibility index (Phi) is 6.59. The van der Waals surface area contributed by atoms with Gasteiger partial charge < -0.3 is 15.4 Å². The Hall–Kier alpha value is -1.64. The number of piperidine rings is 1. The molecule has 0 spiro atoms. The molecule has 0 saturated carbocycles. The van der Waals surface area contributed by atoms with Gasteiger partial charge in [0.25, 0.3) is 0 Å². The molecule has 0 radical (unpaired) electrons. The third-order valence-corrected chi connectivity index (χ3v) is 5.92. The van der Waals surface area contributed by atoms with Gasteiger partial charge in [0.05, 0.1) is 17.7 Å². The van der Waals surface area contributed by atoms with Crippen LogP contribution < -0.4 is 15.4 Å². The molecule has 1 fully saturated rings. The van der Waals surface area contributed by atoms with Crippen molar-refractivity contribution in [1.29, 1.82) is 0 Å². The van der Waals surface area contributed by atoms with Crippen molar-refractivity contribution in [3.63, 3.8) is 0 Å². The maximum atomic E-state index is 12.7. The largest absolute Gasteiger partial charge is 0.495 e. The summed E-state index contributed by atoms with van der Waals surface area (Å²) in [6.45, 7) is 5.29. The van der Waals surface area contributed by atoms with Crippen molar-refractivity contribution in [2.45, 2.75) is 24.2 Å². The zero-order chi connectivity index (χ0) is 17.6. The lowest BCUT2D eigenvalue weighted by Gasteiger charge is -2.26. The SMILES string of the molecule is C=CCNC(=S)Nc1ccc(S(=O)(=O)N2CCCCC2)cc1OC. The summed E-state index contributed by atoms with van der Waals surface area (Å²) in [4.78, 5) is 0.233. The lowest BCUT2D eigenvalue weighted by atomic mass is 10.2. The van der Waals surface area contributed by atoms with Crippen LogP contribution in [-0.2, 0) is 10.0 Å². The Balaban J connectivity index is 2.21. The number of thiocarbonyl (C=S) groups is 1. The molecule has 1 aliphatic rings. The summed E-state index contributed by atoms with van der Waals surface area (Å²) in [6.07, 6.45) is 4.57. The van der Waals surface area contributed by atoms with Crippen LogP contribution in [0.2, 0.25) is 0 Å². The molecule has 1 heterocycles. The normalized spacial score (nSPS) is 15.5. The molecule has 1 aromatic rings. The van der Waals surface area contributed by atoms with E-state index in [1.165, 1.54) is 17.5 Å². The molecule has 24 heavy (non-hydrogen) atoms. The van der Waals surface area contributed by atoms with E-state index in [1.54, 1.807) is 18.2 Å². The van der Waals surface area contributed by atoms with Gasteiger partial charge in [-0.2, -0.15) is 4.31 Å². The Morgan fingerprint density at radius 3 is 2.71 bits per heavy atom. The molecule has 1 aliphatic heterocycles. The maximum absolute atomic E-state index is 12.7.